The second-order valence-corrected chi connectivity index (χ2v) is 5.48. The van der Waals surface area contributed by atoms with Gasteiger partial charge >= 0.3 is 0 Å². The number of nitrogens with zero attached hydrogens (tertiary/aromatic N) is 2. The smallest absolute Gasteiger partial charge is 0.247 e. The summed E-state index contributed by atoms with van der Waals surface area (Å²) in [7, 11) is 0. The first-order chi connectivity index (χ1) is 9.63. The van der Waals surface area contributed by atoms with Gasteiger partial charge in [0, 0.05) is 16.5 Å². The summed E-state index contributed by atoms with van der Waals surface area (Å²) in [6.45, 7) is 2.33. The van der Waals surface area contributed by atoms with Crippen LogP contribution in [0.4, 0.5) is 0 Å². The van der Waals surface area contributed by atoms with Crippen LogP contribution in [0.15, 0.2) is 28.7 Å². The molecule has 6 heteroatoms. The van der Waals surface area contributed by atoms with Gasteiger partial charge in [-0.25, -0.2) is 0 Å². The summed E-state index contributed by atoms with van der Waals surface area (Å²) in [5.41, 5.74) is 0.801. The summed E-state index contributed by atoms with van der Waals surface area (Å²) in [5.74, 6) is 1.52. The fourth-order valence-corrected chi connectivity index (χ4v) is 2.14. The second kappa shape index (κ2) is 5.25. The van der Waals surface area contributed by atoms with Crippen LogP contribution < -0.4 is 5.32 Å². The standard InChI is InChI=1S/C14H14ClN3O2/c1-8-6-11(8)13(19)16-7-12-17-18-14(20-12)9-2-4-10(15)5-3-9/h2-5,8,11H,6-7H2,1H3,(H,16,19)/t8-,11-/m1/s1. The molecule has 0 aliphatic heterocycles. The first-order valence-electron chi connectivity index (χ1n) is 6.49. The molecule has 1 amide bonds. The highest BCUT2D eigenvalue weighted by Crippen LogP contribution is 2.37. The molecule has 0 unspecified atom stereocenters. The number of carbonyl (C=O) groups is 1. The van der Waals surface area contributed by atoms with Crippen molar-refractivity contribution in [1.29, 1.82) is 0 Å². The number of aromatic nitrogens is 2. The summed E-state index contributed by atoms with van der Waals surface area (Å²) < 4.78 is 5.51. The van der Waals surface area contributed by atoms with Gasteiger partial charge in [-0.2, -0.15) is 0 Å². The van der Waals surface area contributed by atoms with Gasteiger partial charge in [0.05, 0.1) is 6.54 Å². The van der Waals surface area contributed by atoms with E-state index < -0.39 is 0 Å². The maximum atomic E-state index is 11.7. The van der Waals surface area contributed by atoms with Crippen molar-refractivity contribution in [2.45, 2.75) is 19.9 Å². The van der Waals surface area contributed by atoms with Crippen molar-refractivity contribution < 1.29 is 9.21 Å². The molecule has 1 aromatic carbocycles. The Balaban J connectivity index is 1.62. The number of rotatable bonds is 4. The van der Waals surface area contributed by atoms with E-state index in [9.17, 15) is 4.79 Å². The van der Waals surface area contributed by atoms with E-state index in [-0.39, 0.29) is 18.4 Å². The average molecular weight is 292 g/mol. The van der Waals surface area contributed by atoms with Gasteiger partial charge in [0.1, 0.15) is 0 Å². The van der Waals surface area contributed by atoms with Crippen molar-refractivity contribution in [1.82, 2.24) is 15.5 Å². The molecule has 1 aromatic heterocycles. The quantitative estimate of drug-likeness (QED) is 0.940. The zero-order valence-electron chi connectivity index (χ0n) is 11.0. The van der Waals surface area contributed by atoms with Crippen LogP contribution in [0.3, 0.4) is 0 Å². The van der Waals surface area contributed by atoms with Crippen LogP contribution in [0.1, 0.15) is 19.2 Å². The number of nitrogens with one attached hydrogen (secondary N) is 1. The lowest BCUT2D eigenvalue weighted by Crippen LogP contribution is -2.24. The summed E-state index contributed by atoms with van der Waals surface area (Å²) in [5, 5.41) is 11.3. The highest BCUT2D eigenvalue weighted by molar-refractivity contribution is 6.30. The minimum Gasteiger partial charge on any atom is -0.419 e. The van der Waals surface area contributed by atoms with E-state index in [4.69, 9.17) is 16.0 Å². The third kappa shape index (κ3) is 2.82. The van der Waals surface area contributed by atoms with E-state index in [1.165, 1.54) is 0 Å². The number of carbonyl (C=O) groups excluding carboxylic acids is 1. The fraction of sp³-hybridized carbons (Fsp3) is 0.357. The number of hydrogen-bond acceptors (Lipinski definition) is 4. The van der Waals surface area contributed by atoms with Gasteiger partial charge in [0.25, 0.3) is 0 Å². The molecular weight excluding hydrogens is 278 g/mol. The van der Waals surface area contributed by atoms with Crippen molar-refractivity contribution in [2.75, 3.05) is 0 Å². The lowest BCUT2D eigenvalue weighted by molar-refractivity contribution is -0.122. The molecule has 0 radical (unpaired) electrons. The first-order valence-corrected chi connectivity index (χ1v) is 6.87. The summed E-state index contributed by atoms with van der Waals surface area (Å²) in [6.07, 6.45) is 0.964. The average Bonchev–Trinajstić information content (AvgIpc) is 3.00. The van der Waals surface area contributed by atoms with Crippen molar-refractivity contribution >= 4 is 17.5 Å². The third-order valence-electron chi connectivity index (χ3n) is 3.42. The Morgan fingerprint density at radius 1 is 1.40 bits per heavy atom. The Hall–Kier alpha value is -1.88. The topological polar surface area (TPSA) is 68.0 Å². The van der Waals surface area contributed by atoms with E-state index in [1.54, 1.807) is 12.1 Å². The molecule has 104 valence electrons. The minimum absolute atomic E-state index is 0.0590. The van der Waals surface area contributed by atoms with Gasteiger partial charge < -0.3 is 9.73 Å². The molecule has 0 bridgehead atoms. The normalized spacial score (nSPS) is 20.7. The zero-order valence-corrected chi connectivity index (χ0v) is 11.7. The molecule has 3 rings (SSSR count). The zero-order chi connectivity index (χ0) is 14.1. The van der Waals surface area contributed by atoms with Crippen LogP contribution in [-0.4, -0.2) is 16.1 Å². The maximum absolute atomic E-state index is 11.7. The molecule has 1 N–H and O–H groups in total. The van der Waals surface area contributed by atoms with Gasteiger partial charge in [0.15, 0.2) is 0 Å². The molecule has 2 aromatic rings. The Bertz CT molecular complexity index is 624. The highest BCUT2D eigenvalue weighted by Gasteiger charge is 2.38. The predicted molar refractivity (Wildman–Crippen MR) is 73.9 cm³/mol. The molecule has 2 atom stereocenters. The van der Waals surface area contributed by atoms with E-state index in [0.717, 1.165) is 12.0 Å². The number of benzene rings is 1. The van der Waals surface area contributed by atoms with Crippen LogP contribution in [0.25, 0.3) is 11.5 Å². The van der Waals surface area contributed by atoms with Crippen molar-refractivity contribution in [2.24, 2.45) is 11.8 Å². The van der Waals surface area contributed by atoms with Crippen molar-refractivity contribution in [3.05, 3.63) is 35.2 Å². The lowest BCUT2D eigenvalue weighted by Gasteiger charge is -2.00. The van der Waals surface area contributed by atoms with Crippen LogP contribution in [0.5, 0.6) is 0 Å². The molecule has 5 nitrogen and oxygen atoms in total. The maximum Gasteiger partial charge on any atom is 0.247 e. The monoisotopic (exact) mass is 291 g/mol. The molecule has 20 heavy (non-hydrogen) atoms. The summed E-state index contributed by atoms with van der Waals surface area (Å²) in [4.78, 5) is 11.7. The molecule has 1 fully saturated rings. The van der Waals surface area contributed by atoms with Gasteiger partial charge in [-0.05, 0) is 36.6 Å². The molecule has 0 saturated heterocycles. The first kappa shape index (κ1) is 13.1. The van der Waals surface area contributed by atoms with E-state index >= 15 is 0 Å². The second-order valence-electron chi connectivity index (χ2n) is 5.05. The van der Waals surface area contributed by atoms with Crippen molar-refractivity contribution in [3.8, 4) is 11.5 Å². The molecule has 1 saturated carbocycles. The Kier molecular flexibility index (Phi) is 3.44. The minimum atomic E-state index is 0.0590. The lowest BCUT2D eigenvalue weighted by atomic mass is 10.2. The Labute approximate surface area is 121 Å². The Morgan fingerprint density at radius 2 is 2.10 bits per heavy atom. The van der Waals surface area contributed by atoms with Crippen LogP contribution >= 0.6 is 11.6 Å². The predicted octanol–water partition coefficient (Wildman–Crippen LogP) is 2.66. The van der Waals surface area contributed by atoms with E-state index in [2.05, 4.69) is 22.4 Å². The van der Waals surface area contributed by atoms with Crippen molar-refractivity contribution in [3.63, 3.8) is 0 Å². The largest absolute Gasteiger partial charge is 0.419 e. The third-order valence-corrected chi connectivity index (χ3v) is 3.67. The van der Waals surface area contributed by atoms with Gasteiger partial charge in [0.2, 0.25) is 17.7 Å². The molecular formula is C14H14ClN3O2. The molecule has 1 heterocycles. The summed E-state index contributed by atoms with van der Waals surface area (Å²) >= 11 is 5.82. The Morgan fingerprint density at radius 3 is 2.75 bits per heavy atom. The fourth-order valence-electron chi connectivity index (χ4n) is 2.02. The van der Waals surface area contributed by atoms with Gasteiger partial charge in [-0.1, -0.05) is 18.5 Å². The van der Waals surface area contributed by atoms with Crippen LogP contribution in [0, 0.1) is 11.8 Å². The summed E-state index contributed by atoms with van der Waals surface area (Å²) in [6, 6.07) is 7.14. The van der Waals surface area contributed by atoms with Crippen LogP contribution in [0.2, 0.25) is 5.02 Å². The van der Waals surface area contributed by atoms with Gasteiger partial charge in [-0.15, -0.1) is 10.2 Å². The SMILES string of the molecule is C[C@@H]1C[C@H]1C(=O)NCc1nnc(-c2ccc(Cl)cc2)o1. The van der Waals surface area contributed by atoms with E-state index in [1.807, 2.05) is 12.1 Å². The molecule has 1 aliphatic carbocycles. The van der Waals surface area contributed by atoms with E-state index in [0.29, 0.717) is 22.7 Å². The molecule has 1 aliphatic rings. The number of halogens is 1. The molecule has 0 spiro atoms. The number of hydrogen-bond donors (Lipinski definition) is 1. The number of amides is 1. The van der Waals surface area contributed by atoms with Crippen LogP contribution in [-0.2, 0) is 11.3 Å². The van der Waals surface area contributed by atoms with Gasteiger partial charge in [-0.3, -0.25) is 4.79 Å². The highest BCUT2D eigenvalue weighted by atomic mass is 35.5.